The SMILES string of the molecule is C=CCN(C[C@H]1C[C@@H]1C=C)S(=O)(=O)c1ccc(C)cc1. The number of hydrogen-bond acceptors (Lipinski definition) is 2. The molecule has 20 heavy (non-hydrogen) atoms. The molecular formula is C16H21NO2S. The molecule has 3 nitrogen and oxygen atoms in total. The van der Waals surface area contributed by atoms with Crippen LogP contribution in [-0.4, -0.2) is 25.8 Å². The van der Waals surface area contributed by atoms with Gasteiger partial charge in [0, 0.05) is 13.1 Å². The number of rotatable bonds is 7. The zero-order valence-electron chi connectivity index (χ0n) is 11.8. The minimum absolute atomic E-state index is 0.344. The molecule has 0 unspecified atom stereocenters. The molecule has 1 saturated carbocycles. The van der Waals surface area contributed by atoms with Gasteiger partial charge in [0.15, 0.2) is 0 Å². The van der Waals surface area contributed by atoms with Crippen molar-refractivity contribution in [2.45, 2.75) is 18.2 Å². The van der Waals surface area contributed by atoms with Gasteiger partial charge in [-0.15, -0.1) is 13.2 Å². The number of benzene rings is 1. The van der Waals surface area contributed by atoms with E-state index < -0.39 is 10.0 Å². The number of allylic oxidation sites excluding steroid dienone is 1. The second kappa shape index (κ2) is 5.94. The lowest BCUT2D eigenvalue weighted by molar-refractivity contribution is 0.421. The van der Waals surface area contributed by atoms with Gasteiger partial charge in [-0.1, -0.05) is 29.8 Å². The summed E-state index contributed by atoms with van der Waals surface area (Å²) < 4.78 is 26.8. The highest BCUT2D eigenvalue weighted by atomic mass is 32.2. The summed E-state index contributed by atoms with van der Waals surface area (Å²) in [5.41, 5.74) is 1.05. The molecule has 1 fully saturated rings. The summed E-state index contributed by atoms with van der Waals surface area (Å²) >= 11 is 0. The van der Waals surface area contributed by atoms with Crippen molar-refractivity contribution in [3.8, 4) is 0 Å². The number of sulfonamides is 1. The first-order valence-corrected chi connectivity index (χ1v) is 8.23. The van der Waals surface area contributed by atoms with Crippen molar-refractivity contribution < 1.29 is 8.42 Å². The van der Waals surface area contributed by atoms with Crippen molar-refractivity contribution in [2.75, 3.05) is 13.1 Å². The molecule has 0 N–H and O–H groups in total. The van der Waals surface area contributed by atoms with Crippen molar-refractivity contribution in [3.05, 3.63) is 55.1 Å². The predicted molar refractivity (Wildman–Crippen MR) is 81.9 cm³/mol. The lowest BCUT2D eigenvalue weighted by Crippen LogP contribution is -2.33. The molecule has 1 aliphatic rings. The molecule has 0 aromatic heterocycles. The minimum atomic E-state index is -3.44. The number of hydrogen-bond donors (Lipinski definition) is 0. The van der Waals surface area contributed by atoms with Crippen LogP contribution in [0.25, 0.3) is 0 Å². The van der Waals surface area contributed by atoms with Gasteiger partial charge in [-0.3, -0.25) is 0 Å². The molecule has 108 valence electrons. The van der Waals surface area contributed by atoms with E-state index in [2.05, 4.69) is 13.2 Å². The maximum absolute atomic E-state index is 12.6. The molecule has 0 amide bonds. The summed E-state index contributed by atoms with van der Waals surface area (Å²) in [4.78, 5) is 0.348. The Bertz CT molecular complexity index is 589. The third-order valence-corrected chi connectivity index (χ3v) is 5.56. The topological polar surface area (TPSA) is 37.4 Å². The Balaban J connectivity index is 2.20. The van der Waals surface area contributed by atoms with E-state index in [4.69, 9.17) is 0 Å². The van der Waals surface area contributed by atoms with Crippen molar-refractivity contribution in [2.24, 2.45) is 11.8 Å². The van der Waals surface area contributed by atoms with E-state index in [0.29, 0.717) is 29.8 Å². The van der Waals surface area contributed by atoms with Crippen LogP contribution in [0.15, 0.2) is 54.5 Å². The summed E-state index contributed by atoms with van der Waals surface area (Å²) in [6.45, 7) is 10.3. The molecule has 1 aromatic carbocycles. The number of nitrogens with zero attached hydrogens (tertiary/aromatic N) is 1. The fourth-order valence-corrected chi connectivity index (χ4v) is 3.77. The highest BCUT2D eigenvalue weighted by Gasteiger charge is 2.38. The van der Waals surface area contributed by atoms with E-state index in [1.54, 1.807) is 18.2 Å². The Morgan fingerprint density at radius 2 is 1.95 bits per heavy atom. The van der Waals surface area contributed by atoms with Crippen molar-refractivity contribution >= 4 is 10.0 Å². The molecule has 0 saturated heterocycles. The summed E-state index contributed by atoms with van der Waals surface area (Å²) in [6.07, 6.45) is 4.58. The first-order valence-electron chi connectivity index (χ1n) is 6.79. The Labute approximate surface area is 121 Å². The molecule has 2 rings (SSSR count). The average molecular weight is 291 g/mol. The van der Waals surface area contributed by atoms with Crippen LogP contribution >= 0.6 is 0 Å². The second-order valence-corrected chi connectivity index (χ2v) is 7.26. The van der Waals surface area contributed by atoms with Crippen LogP contribution in [0.5, 0.6) is 0 Å². The summed E-state index contributed by atoms with van der Waals surface area (Å²) in [5, 5.41) is 0. The number of aryl methyl sites for hydroxylation is 1. The molecule has 0 radical (unpaired) electrons. The van der Waals surface area contributed by atoms with Gasteiger partial charge in [0.05, 0.1) is 4.90 Å². The first kappa shape index (κ1) is 15.0. The quantitative estimate of drug-likeness (QED) is 0.724. The Kier molecular flexibility index (Phi) is 4.45. The zero-order chi connectivity index (χ0) is 14.8. The predicted octanol–water partition coefficient (Wildman–Crippen LogP) is 2.99. The van der Waals surface area contributed by atoms with Crippen LogP contribution < -0.4 is 0 Å². The smallest absolute Gasteiger partial charge is 0.207 e. The average Bonchev–Trinajstić information content (AvgIpc) is 3.17. The molecular weight excluding hydrogens is 270 g/mol. The summed E-state index contributed by atoms with van der Waals surface area (Å²) in [5.74, 6) is 0.850. The van der Waals surface area contributed by atoms with Gasteiger partial charge in [0.1, 0.15) is 0 Å². The van der Waals surface area contributed by atoms with Crippen LogP contribution in [0.3, 0.4) is 0 Å². The third kappa shape index (κ3) is 3.19. The molecule has 1 aromatic rings. The fourth-order valence-electron chi connectivity index (χ4n) is 2.31. The van der Waals surface area contributed by atoms with Crippen molar-refractivity contribution in [3.63, 3.8) is 0 Å². The maximum atomic E-state index is 12.6. The van der Waals surface area contributed by atoms with Gasteiger partial charge >= 0.3 is 0 Å². The van der Waals surface area contributed by atoms with Gasteiger partial charge in [-0.2, -0.15) is 4.31 Å². The van der Waals surface area contributed by atoms with E-state index in [1.807, 2.05) is 25.1 Å². The second-order valence-electron chi connectivity index (χ2n) is 5.32. The summed E-state index contributed by atoms with van der Waals surface area (Å²) in [6, 6.07) is 6.97. The van der Waals surface area contributed by atoms with Gasteiger partial charge < -0.3 is 0 Å². The van der Waals surface area contributed by atoms with Crippen LogP contribution in [0, 0.1) is 18.8 Å². The normalized spacial score (nSPS) is 21.7. The molecule has 0 aliphatic heterocycles. The van der Waals surface area contributed by atoms with E-state index in [1.165, 1.54) is 4.31 Å². The third-order valence-electron chi connectivity index (χ3n) is 3.71. The largest absolute Gasteiger partial charge is 0.243 e. The van der Waals surface area contributed by atoms with Gasteiger partial charge in [-0.25, -0.2) is 8.42 Å². The van der Waals surface area contributed by atoms with Crippen LogP contribution in [0.1, 0.15) is 12.0 Å². The van der Waals surface area contributed by atoms with Gasteiger partial charge in [-0.05, 0) is 37.3 Å². The molecule has 0 heterocycles. The monoisotopic (exact) mass is 291 g/mol. The molecule has 0 spiro atoms. The highest BCUT2D eigenvalue weighted by Crippen LogP contribution is 2.40. The Morgan fingerprint density at radius 1 is 1.30 bits per heavy atom. The Hall–Kier alpha value is -1.39. The highest BCUT2D eigenvalue weighted by molar-refractivity contribution is 7.89. The minimum Gasteiger partial charge on any atom is -0.207 e. The lowest BCUT2D eigenvalue weighted by Gasteiger charge is -2.20. The zero-order valence-corrected chi connectivity index (χ0v) is 12.6. The molecule has 1 aliphatic carbocycles. The van der Waals surface area contributed by atoms with Crippen LogP contribution in [0.2, 0.25) is 0 Å². The lowest BCUT2D eigenvalue weighted by atomic mass is 10.2. The molecule has 2 atom stereocenters. The Morgan fingerprint density at radius 3 is 2.45 bits per heavy atom. The van der Waals surface area contributed by atoms with Crippen LogP contribution in [-0.2, 0) is 10.0 Å². The summed E-state index contributed by atoms with van der Waals surface area (Å²) in [7, 11) is -3.44. The molecule has 0 bridgehead atoms. The molecule has 4 heteroatoms. The van der Waals surface area contributed by atoms with E-state index >= 15 is 0 Å². The van der Waals surface area contributed by atoms with Crippen molar-refractivity contribution in [1.29, 1.82) is 0 Å². The van der Waals surface area contributed by atoms with E-state index in [0.717, 1.165) is 12.0 Å². The van der Waals surface area contributed by atoms with Gasteiger partial charge in [0.2, 0.25) is 10.0 Å². The van der Waals surface area contributed by atoms with E-state index in [-0.39, 0.29) is 0 Å². The standard InChI is InChI=1S/C16H21NO2S/c1-4-10-17(12-15-11-14(15)5-2)20(18,19)16-8-6-13(3)7-9-16/h4-9,14-15H,1-2,10-12H2,3H3/t14-,15+/m0/s1. The maximum Gasteiger partial charge on any atom is 0.243 e. The van der Waals surface area contributed by atoms with Gasteiger partial charge in [0.25, 0.3) is 0 Å². The van der Waals surface area contributed by atoms with Crippen LogP contribution in [0.4, 0.5) is 0 Å². The fraction of sp³-hybridized carbons (Fsp3) is 0.375. The van der Waals surface area contributed by atoms with Crippen molar-refractivity contribution in [1.82, 2.24) is 4.31 Å². The van der Waals surface area contributed by atoms with E-state index in [9.17, 15) is 8.42 Å². The first-order chi connectivity index (χ1) is 9.48.